The maximum Gasteiger partial charge on any atom is 0.266 e. The molecule has 110 valence electrons. The Balaban J connectivity index is 1.35. The summed E-state index contributed by atoms with van der Waals surface area (Å²) in [5, 5.41) is 8.22. The van der Waals surface area contributed by atoms with Crippen LogP contribution >= 0.6 is 0 Å². The van der Waals surface area contributed by atoms with Crippen LogP contribution in [0.3, 0.4) is 0 Å². The molecule has 1 aliphatic carbocycles. The third-order valence-corrected chi connectivity index (χ3v) is 4.22. The van der Waals surface area contributed by atoms with Crippen LogP contribution in [0.2, 0.25) is 0 Å². The molecule has 0 unspecified atom stereocenters. The third-order valence-electron chi connectivity index (χ3n) is 4.22. The predicted molar refractivity (Wildman–Crippen MR) is 75.7 cm³/mol. The fourth-order valence-corrected chi connectivity index (χ4v) is 2.90. The van der Waals surface area contributed by atoms with Crippen LogP contribution in [0.5, 0.6) is 0 Å². The lowest BCUT2D eigenvalue weighted by Gasteiger charge is -2.38. The van der Waals surface area contributed by atoms with Crippen LogP contribution < -0.4 is 5.56 Å². The molecule has 0 bridgehead atoms. The molecule has 2 aliphatic rings. The molecule has 21 heavy (non-hydrogen) atoms. The molecule has 1 aliphatic heterocycles. The average molecular weight is 286 g/mol. The summed E-state index contributed by atoms with van der Waals surface area (Å²) in [5.74, 6) is 1.97. The smallest absolute Gasteiger partial charge is 0.266 e. The van der Waals surface area contributed by atoms with Gasteiger partial charge in [0.2, 0.25) is 0 Å². The second-order valence-corrected chi connectivity index (χ2v) is 6.09. The highest BCUT2D eigenvalue weighted by Gasteiger charge is 2.29. The molecule has 4 rings (SSSR count). The van der Waals surface area contributed by atoms with Gasteiger partial charge in [0.25, 0.3) is 5.56 Å². The van der Waals surface area contributed by atoms with Gasteiger partial charge in [-0.1, -0.05) is 5.16 Å². The highest BCUT2D eigenvalue weighted by Crippen LogP contribution is 2.38. The van der Waals surface area contributed by atoms with Crippen molar-refractivity contribution in [2.24, 2.45) is 5.92 Å². The van der Waals surface area contributed by atoms with E-state index in [1.165, 1.54) is 12.8 Å². The fraction of sp³-hybridized carbons (Fsp3) is 0.533. The van der Waals surface area contributed by atoms with Gasteiger partial charge in [-0.3, -0.25) is 9.69 Å². The molecule has 0 N–H and O–H groups in total. The van der Waals surface area contributed by atoms with E-state index in [2.05, 4.69) is 15.2 Å². The summed E-state index contributed by atoms with van der Waals surface area (Å²) in [7, 11) is 0. The van der Waals surface area contributed by atoms with Crippen LogP contribution in [0.15, 0.2) is 33.7 Å². The minimum absolute atomic E-state index is 0.00749. The van der Waals surface area contributed by atoms with Crippen molar-refractivity contribution in [3.05, 3.63) is 46.2 Å². The first-order valence-electron chi connectivity index (χ1n) is 7.48. The molecule has 3 heterocycles. The van der Waals surface area contributed by atoms with Gasteiger partial charge in [0.1, 0.15) is 0 Å². The zero-order valence-electron chi connectivity index (χ0n) is 11.8. The van der Waals surface area contributed by atoms with Crippen molar-refractivity contribution >= 4 is 0 Å². The summed E-state index contributed by atoms with van der Waals surface area (Å²) >= 11 is 0. The largest absolute Gasteiger partial charge is 0.360 e. The number of likely N-dealkylation sites (tertiary alicyclic amines) is 1. The average Bonchev–Trinajstić information content (AvgIpc) is 3.16. The number of hydrogen-bond donors (Lipinski definition) is 0. The Kier molecular flexibility index (Phi) is 3.11. The van der Waals surface area contributed by atoms with Crippen molar-refractivity contribution in [1.82, 2.24) is 19.8 Å². The zero-order valence-corrected chi connectivity index (χ0v) is 11.8. The van der Waals surface area contributed by atoms with Gasteiger partial charge >= 0.3 is 0 Å². The van der Waals surface area contributed by atoms with E-state index < -0.39 is 0 Å². The van der Waals surface area contributed by atoms with Gasteiger partial charge in [0.05, 0.1) is 25.0 Å². The van der Waals surface area contributed by atoms with E-state index in [0.29, 0.717) is 18.4 Å². The Morgan fingerprint density at radius 3 is 2.81 bits per heavy atom. The van der Waals surface area contributed by atoms with Crippen molar-refractivity contribution in [1.29, 1.82) is 0 Å². The SMILES string of the molecule is O=c1ccc(C2CC2)nn1CC1CN(Cc2ccno2)C1. The van der Waals surface area contributed by atoms with Gasteiger partial charge in [-0.05, 0) is 18.9 Å². The molecule has 2 aromatic heterocycles. The van der Waals surface area contributed by atoms with Crippen LogP contribution in [0, 0.1) is 5.92 Å². The van der Waals surface area contributed by atoms with Crippen molar-refractivity contribution in [3.8, 4) is 0 Å². The van der Waals surface area contributed by atoms with Gasteiger partial charge in [-0.25, -0.2) is 4.68 Å². The number of hydrogen-bond acceptors (Lipinski definition) is 5. The van der Waals surface area contributed by atoms with E-state index in [0.717, 1.165) is 31.1 Å². The summed E-state index contributed by atoms with van der Waals surface area (Å²) in [5.41, 5.74) is 1.08. The molecule has 0 atom stereocenters. The van der Waals surface area contributed by atoms with Crippen molar-refractivity contribution in [3.63, 3.8) is 0 Å². The number of rotatable bonds is 5. The minimum Gasteiger partial charge on any atom is -0.360 e. The van der Waals surface area contributed by atoms with E-state index in [1.807, 2.05) is 12.1 Å². The first kappa shape index (κ1) is 12.8. The van der Waals surface area contributed by atoms with Gasteiger partial charge in [0, 0.05) is 37.1 Å². The van der Waals surface area contributed by atoms with E-state index in [1.54, 1.807) is 16.9 Å². The molecule has 1 saturated heterocycles. The highest BCUT2D eigenvalue weighted by atomic mass is 16.5. The van der Waals surface area contributed by atoms with Crippen LogP contribution in [-0.2, 0) is 13.1 Å². The van der Waals surface area contributed by atoms with E-state index in [9.17, 15) is 4.79 Å². The summed E-state index contributed by atoms with van der Waals surface area (Å²) in [6, 6.07) is 5.43. The summed E-state index contributed by atoms with van der Waals surface area (Å²) in [4.78, 5) is 14.2. The molecule has 0 radical (unpaired) electrons. The Morgan fingerprint density at radius 1 is 1.24 bits per heavy atom. The molecule has 0 amide bonds. The normalized spacial score (nSPS) is 19.6. The molecule has 6 nitrogen and oxygen atoms in total. The van der Waals surface area contributed by atoms with Crippen LogP contribution in [0.1, 0.15) is 30.2 Å². The Morgan fingerprint density at radius 2 is 2.10 bits per heavy atom. The third kappa shape index (κ3) is 2.76. The Labute approximate surface area is 122 Å². The molecule has 2 aromatic rings. The fourth-order valence-electron chi connectivity index (χ4n) is 2.90. The van der Waals surface area contributed by atoms with Crippen LogP contribution in [-0.4, -0.2) is 32.9 Å². The molecule has 0 spiro atoms. The molecular formula is C15H18N4O2. The van der Waals surface area contributed by atoms with Gasteiger partial charge in [-0.2, -0.15) is 5.10 Å². The first-order valence-corrected chi connectivity index (χ1v) is 7.48. The molecule has 2 fully saturated rings. The lowest BCUT2D eigenvalue weighted by atomic mass is 10.00. The summed E-state index contributed by atoms with van der Waals surface area (Å²) < 4.78 is 6.75. The lowest BCUT2D eigenvalue weighted by Crippen LogP contribution is -2.48. The quantitative estimate of drug-likeness (QED) is 0.827. The standard InChI is InChI=1S/C15H18N4O2/c20-15-4-3-14(12-1-2-12)17-19(15)9-11-7-18(8-11)10-13-5-6-16-21-13/h3-6,11-12H,1-2,7-10H2. The maximum atomic E-state index is 11.9. The lowest BCUT2D eigenvalue weighted by molar-refractivity contribution is 0.0675. The first-order chi connectivity index (χ1) is 10.3. The van der Waals surface area contributed by atoms with Crippen LogP contribution in [0.25, 0.3) is 0 Å². The zero-order chi connectivity index (χ0) is 14.2. The van der Waals surface area contributed by atoms with Crippen LogP contribution in [0.4, 0.5) is 0 Å². The Bertz CT molecular complexity index is 669. The Hall–Kier alpha value is -1.95. The van der Waals surface area contributed by atoms with E-state index in [-0.39, 0.29) is 5.56 Å². The van der Waals surface area contributed by atoms with Crippen molar-refractivity contribution in [2.45, 2.75) is 31.8 Å². The number of aromatic nitrogens is 3. The maximum absolute atomic E-state index is 11.9. The van der Waals surface area contributed by atoms with Gasteiger partial charge in [-0.15, -0.1) is 0 Å². The van der Waals surface area contributed by atoms with Gasteiger partial charge in [0.15, 0.2) is 5.76 Å². The topological polar surface area (TPSA) is 64.2 Å². The molecule has 6 heteroatoms. The highest BCUT2D eigenvalue weighted by molar-refractivity contribution is 5.12. The monoisotopic (exact) mass is 286 g/mol. The molecular weight excluding hydrogens is 268 g/mol. The molecule has 0 aromatic carbocycles. The summed E-state index contributed by atoms with van der Waals surface area (Å²) in [6.45, 7) is 3.46. The van der Waals surface area contributed by atoms with Crippen molar-refractivity contribution in [2.75, 3.05) is 13.1 Å². The second kappa shape index (κ2) is 5.11. The minimum atomic E-state index is 0.00749. The van der Waals surface area contributed by atoms with E-state index >= 15 is 0 Å². The van der Waals surface area contributed by atoms with Gasteiger partial charge < -0.3 is 4.52 Å². The molecule has 1 saturated carbocycles. The van der Waals surface area contributed by atoms with Crippen molar-refractivity contribution < 1.29 is 4.52 Å². The predicted octanol–water partition coefficient (Wildman–Crippen LogP) is 1.24. The second-order valence-electron chi connectivity index (χ2n) is 6.09. The summed E-state index contributed by atoms with van der Waals surface area (Å²) in [6.07, 6.45) is 4.08. The van der Waals surface area contributed by atoms with E-state index in [4.69, 9.17) is 4.52 Å². The number of nitrogens with zero attached hydrogens (tertiary/aromatic N) is 4.